The summed E-state index contributed by atoms with van der Waals surface area (Å²) in [7, 11) is 0. The lowest BCUT2D eigenvalue weighted by molar-refractivity contribution is 0.569. The Morgan fingerprint density at radius 3 is 2.23 bits per heavy atom. The first-order valence-electron chi connectivity index (χ1n) is 4.38. The molecule has 0 saturated carbocycles. The molecule has 0 aliphatic heterocycles. The molecule has 0 bridgehead atoms. The Hall–Kier alpha value is -1.05. The Labute approximate surface area is 78.8 Å². The number of rotatable bonds is 0. The van der Waals surface area contributed by atoms with E-state index in [1.807, 2.05) is 27.7 Å². The van der Waals surface area contributed by atoms with Gasteiger partial charge in [-0.2, -0.15) is 0 Å². The van der Waals surface area contributed by atoms with E-state index in [1.165, 1.54) is 6.07 Å². The third-order valence-electron chi connectivity index (χ3n) is 2.22. The average molecular weight is 181 g/mol. The summed E-state index contributed by atoms with van der Waals surface area (Å²) in [6, 6.07) is 2.93. The highest BCUT2D eigenvalue weighted by Gasteiger charge is 2.18. The van der Waals surface area contributed by atoms with E-state index in [1.54, 1.807) is 6.07 Å². The van der Waals surface area contributed by atoms with E-state index in [2.05, 4.69) is 0 Å². The Morgan fingerprint density at radius 1 is 1.23 bits per heavy atom. The highest BCUT2D eigenvalue weighted by molar-refractivity contribution is 5.52. The van der Waals surface area contributed by atoms with Crippen molar-refractivity contribution in [3.8, 4) is 0 Å². The molecule has 0 fully saturated rings. The summed E-state index contributed by atoms with van der Waals surface area (Å²) in [4.78, 5) is 0. The van der Waals surface area contributed by atoms with Crippen molar-refractivity contribution in [3.05, 3.63) is 29.1 Å². The minimum Gasteiger partial charge on any atom is -0.398 e. The van der Waals surface area contributed by atoms with Crippen molar-refractivity contribution in [1.29, 1.82) is 0 Å². The van der Waals surface area contributed by atoms with Crippen LogP contribution in [0.4, 0.5) is 10.1 Å². The molecule has 0 atom stereocenters. The monoisotopic (exact) mass is 181 g/mol. The lowest BCUT2D eigenvalue weighted by Gasteiger charge is -2.22. The zero-order chi connectivity index (χ0) is 10.2. The number of nitrogens with two attached hydrogens (primary N) is 1. The number of halogens is 1. The lowest BCUT2D eigenvalue weighted by Crippen LogP contribution is -2.14. The van der Waals surface area contributed by atoms with E-state index < -0.39 is 0 Å². The van der Waals surface area contributed by atoms with E-state index >= 15 is 0 Å². The van der Waals surface area contributed by atoms with Crippen molar-refractivity contribution in [3.63, 3.8) is 0 Å². The predicted octanol–water partition coefficient (Wildman–Crippen LogP) is 3.01. The molecular weight excluding hydrogens is 165 g/mol. The second kappa shape index (κ2) is 3.02. The molecule has 0 aliphatic rings. The van der Waals surface area contributed by atoms with E-state index in [0.717, 1.165) is 11.1 Å². The van der Waals surface area contributed by atoms with Crippen LogP contribution >= 0.6 is 0 Å². The summed E-state index contributed by atoms with van der Waals surface area (Å²) >= 11 is 0. The standard InChI is InChI=1S/C11H16FN/c1-7-9(11(2,3)4)5-8(12)6-10(7)13/h5-6H,13H2,1-4H3. The second-order valence-corrected chi connectivity index (χ2v) is 4.42. The van der Waals surface area contributed by atoms with Crippen LogP contribution in [0.3, 0.4) is 0 Å². The smallest absolute Gasteiger partial charge is 0.125 e. The molecule has 0 heterocycles. The van der Waals surface area contributed by atoms with Gasteiger partial charge in [0.1, 0.15) is 5.82 Å². The van der Waals surface area contributed by atoms with Crippen LogP contribution in [0.1, 0.15) is 31.9 Å². The van der Waals surface area contributed by atoms with Crippen LogP contribution in [-0.4, -0.2) is 0 Å². The average Bonchev–Trinajstić information content (AvgIpc) is 1.94. The van der Waals surface area contributed by atoms with Gasteiger partial charge in [0.25, 0.3) is 0 Å². The molecule has 0 unspecified atom stereocenters. The predicted molar refractivity (Wildman–Crippen MR) is 54.2 cm³/mol. The quantitative estimate of drug-likeness (QED) is 0.612. The summed E-state index contributed by atoms with van der Waals surface area (Å²) in [5.74, 6) is -0.256. The fourth-order valence-corrected chi connectivity index (χ4v) is 1.48. The van der Waals surface area contributed by atoms with E-state index in [-0.39, 0.29) is 11.2 Å². The van der Waals surface area contributed by atoms with Crippen LogP contribution in [0, 0.1) is 12.7 Å². The molecule has 0 aliphatic carbocycles. The van der Waals surface area contributed by atoms with Crippen LogP contribution in [0.5, 0.6) is 0 Å². The molecular formula is C11H16FN. The molecule has 0 spiro atoms. The van der Waals surface area contributed by atoms with Crippen molar-refractivity contribution in [2.24, 2.45) is 0 Å². The summed E-state index contributed by atoms with van der Waals surface area (Å²) in [6.07, 6.45) is 0. The van der Waals surface area contributed by atoms with Gasteiger partial charge in [0.15, 0.2) is 0 Å². The maximum atomic E-state index is 13.1. The van der Waals surface area contributed by atoms with Gasteiger partial charge < -0.3 is 5.73 Å². The number of anilines is 1. The number of hydrogen-bond acceptors (Lipinski definition) is 1. The fraction of sp³-hybridized carbons (Fsp3) is 0.455. The molecule has 0 saturated heterocycles. The van der Waals surface area contributed by atoms with Crippen LogP contribution in [0.25, 0.3) is 0 Å². The first-order valence-corrected chi connectivity index (χ1v) is 4.38. The molecule has 1 aromatic rings. The molecule has 2 heteroatoms. The van der Waals surface area contributed by atoms with Gasteiger partial charge in [-0.3, -0.25) is 0 Å². The minimum atomic E-state index is -0.256. The maximum absolute atomic E-state index is 13.1. The number of nitrogen functional groups attached to an aromatic ring is 1. The SMILES string of the molecule is Cc1c(N)cc(F)cc1C(C)(C)C. The van der Waals surface area contributed by atoms with Crippen molar-refractivity contribution < 1.29 is 4.39 Å². The van der Waals surface area contributed by atoms with Crippen molar-refractivity contribution in [2.45, 2.75) is 33.1 Å². The van der Waals surface area contributed by atoms with E-state index in [4.69, 9.17) is 5.73 Å². The number of benzene rings is 1. The van der Waals surface area contributed by atoms with Crippen LogP contribution in [0.2, 0.25) is 0 Å². The van der Waals surface area contributed by atoms with Crippen LogP contribution < -0.4 is 5.73 Å². The molecule has 1 nitrogen and oxygen atoms in total. The highest BCUT2D eigenvalue weighted by Crippen LogP contribution is 2.29. The highest BCUT2D eigenvalue weighted by atomic mass is 19.1. The van der Waals surface area contributed by atoms with E-state index in [9.17, 15) is 4.39 Å². The van der Waals surface area contributed by atoms with Gasteiger partial charge in [0.05, 0.1) is 0 Å². The van der Waals surface area contributed by atoms with Gasteiger partial charge in [0.2, 0.25) is 0 Å². The van der Waals surface area contributed by atoms with Gasteiger partial charge in [-0.05, 0) is 35.6 Å². The molecule has 72 valence electrons. The summed E-state index contributed by atoms with van der Waals surface area (Å²) in [5.41, 5.74) is 8.11. The normalized spacial score (nSPS) is 11.8. The first-order chi connectivity index (χ1) is 5.82. The Morgan fingerprint density at radius 2 is 1.77 bits per heavy atom. The van der Waals surface area contributed by atoms with Gasteiger partial charge in [-0.15, -0.1) is 0 Å². The molecule has 1 rings (SSSR count). The fourth-order valence-electron chi connectivity index (χ4n) is 1.48. The van der Waals surface area contributed by atoms with Gasteiger partial charge in [-0.1, -0.05) is 20.8 Å². The summed E-state index contributed by atoms with van der Waals surface area (Å²) < 4.78 is 13.1. The Kier molecular flexibility index (Phi) is 2.33. The van der Waals surface area contributed by atoms with Gasteiger partial charge in [-0.25, -0.2) is 4.39 Å². The molecule has 13 heavy (non-hydrogen) atoms. The largest absolute Gasteiger partial charge is 0.398 e. The Bertz CT molecular complexity index is 324. The zero-order valence-corrected chi connectivity index (χ0v) is 8.61. The van der Waals surface area contributed by atoms with Gasteiger partial charge >= 0.3 is 0 Å². The minimum absolute atomic E-state index is 0.0553. The van der Waals surface area contributed by atoms with Crippen molar-refractivity contribution in [1.82, 2.24) is 0 Å². The molecule has 2 N–H and O–H groups in total. The molecule has 0 radical (unpaired) electrons. The lowest BCUT2D eigenvalue weighted by atomic mass is 9.83. The molecule has 0 aromatic heterocycles. The third kappa shape index (κ3) is 2.00. The second-order valence-electron chi connectivity index (χ2n) is 4.42. The summed E-state index contributed by atoms with van der Waals surface area (Å²) in [6.45, 7) is 8.08. The zero-order valence-electron chi connectivity index (χ0n) is 8.61. The van der Waals surface area contributed by atoms with Crippen molar-refractivity contribution >= 4 is 5.69 Å². The van der Waals surface area contributed by atoms with Crippen LogP contribution in [-0.2, 0) is 5.41 Å². The van der Waals surface area contributed by atoms with Crippen LogP contribution in [0.15, 0.2) is 12.1 Å². The van der Waals surface area contributed by atoms with Gasteiger partial charge in [0, 0.05) is 5.69 Å². The first kappa shape index (κ1) is 10.0. The summed E-state index contributed by atoms with van der Waals surface area (Å²) in [5, 5.41) is 0. The van der Waals surface area contributed by atoms with E-state index in [0.29, 0.717) is 5.69 Å². The maximum Gasteiger partial charge on any atom is 0.125 e. The Balaban J connectivity index is 3.37. The van der Waals surface area contributed by atoms with Crippen molar-refractivity contribution in [2.75, 3.05) is 5.73 Å². The third-order valence-corrected chi connectivity index (χ3v) is 2.22. The molecule has 0 amide bonds. The number of hydrogen-bond donors (Lipinski definition) is 1. The topological polar surface area (TPSA) is 26.0 Å². The molecule has 1 aromatic carbocycles.